The van der Waals surface area contributed by atoms with Gasteiger partial charge in [0, 0.05) is 5.39 Å². The van der Waals surface area contributed by atoms with E-state index in [0.717, 1.165) is 5.82 Å². The molecular formula is C7H4N2. The monoisotopic (exact) mass is 116 g/mol. The van der Waals surface area contributed by atoms with E-state index in [4.69, 9.17) is 0 Å². The maximum Gasteiger partial charge on any atom is 0.184 e. The molecule has 2 aliphatic rings. The summed E-state index contributed by atoms with van der Waals surface area (Å²) >= 11 is 0. The summed E-state index contributed by atoms with van der Waals surface area (Å²) < 4.78 is 1.95. The molecule has 1 aromatic carbocycles. The lowest BCUT2D eigenvalue weighted by Gasteiger charge is -1.97. The largest absolute Gasteiger partial charge is 0.210 e. The normalized spacial score (nSPS) is 12.4. The number of aromatic nitrogens is 2. The fourth-order valence-electron chi connectivity index (χ4n) is 1.20. The van der Waals surface area contributed by atoms with Crippen molar-refractivity contribution in [1.82, 2.24) is 9.78 Å². The molecule has 0 spiro atoms. The molecule has 0 fully saturated rings. The van der Waals surface area contributed by atoms with Crippen molar-refractivity contribution in [3.8, 4) is 5.82 Å². The first-order chi connectivity index (χ1) is 4.47. The molecule has 0 atom stereocenters. The molecule has 0 saturated carbocycles. The fraction of sp³-hybridized carbons (Fsp3) is 0. The van der Waals surface area contributed by atoms with Crippen LogP contribution < -0.4 is 0 Å². The summed E-state index contributed by atoms with van der Waals surface area (Å²) in [6, 6.07) is 8.24. The third kappa shape index (κ3) is 0.262. The van der Waals surface area contributed by atoms with E-state index in [2.05, 4.69) is 17.2 Å². The predicted octanol–water partition coefficient (Wildman–Crippen LogP) is 1.34. The van der Waals surface area contributed by atoms with Crippen molar-refractivity contribution in [2.24, 2.45) is 0 Å². The molecule has 2 aliphatic heterocycles. The van der Waals surface area contributed by atoms with Crippen LogP contribution in [-0.4, -0.2) is 9.78 Å². The smallest absolute Gasteiger partial charge is 0.184 e. The highest BCUT2D eigenvalue weighted by Crippen LogP contribution is 2.33. The van der Waals surface area contributed by atoms with Gasteiger partial charge in [-0.05, 0) is 12.1 Å². The molecule has 0 amide bonds. The Morgan fingerprint density at radius 3 is 3.00 bits per heavy atom. The summed E-state index contributed by atoms with van der Waals surface area (Å²) in [5.74, 6) is 1.16. The van der Waals surface area contributed by atoms with E-state index in [1.807, 2.05) is 16.8 Å². The number of fused-ring (bicyclic) bond motifs is 4. The lowest BCUT2D eigenvalue weighted by atomic mass is 10.2. The molecule has 2 heterocycles. The highest BCUT2D eigenvalue weighted by molar-refractivity contribution is 5.96. The Morgan fingerprint density at radius 1 is 1.22 bits per heavy atom. The van der Waals surface area contributed by atoms with Gasteiger partial charge in [-0.15, -0.1) is 5.10 Å². The Morgan fingerprint density at radius 2 is 2.11 bits per heavy atom. The number of para-hydroxylation sites is 1. The Balaban J connectivity index is 2.69. The molecule has 0 radical (unpaired) electrons. The van der Waals surface area contributed by atoms with E-state index < -0.39 is 0 Å². The van der Waals surface area contributed by atoms with Crippen LogP contribution in [0.1, 0.15) is 0 Å². The summed E-state index contributed by atoms with van der Waals surface area (Å²) in [5.41, 5.74) is 1.26. The van der Waals surface area contributed by atoms with Gasteiger partial charge in [0.2, 0.25) is 0 Å². The van der Waals surface area contributed by atoms with Crippen LogP contribution in [0.25, 0.3) is 16.7 Å². The summed E-state index contributed by atoms with van der Waals surface area (Å²) in [6.45, 7) is 0. The third-order valence-corrected chi connectivity index (χ3v) is 1.73. The second kappa shape index (κ2) is 0.880. The van der Waals surface area contributed by atoms with Crippen molar-refractivity contribution < 1.29 is 0 Å². The summed E-state index contributed by atoms with van der Waals surface area (Å²) in [6.07, 6.45) is 0. The van der Waals surface area contributed by atoms with Crippen molar-refractivity contribution in [1.29, 1.82) is 0 Å². The first-order valence-corrected chi connectivity index (χ1v) is 2.95. The van der Waals surface area contributed by atoms with Crippen molar-refractivity contribution in [3.05, 3.63) is 24.3 Å². The minimum atomic E-state index is 1.16. The van der Waals surface area contributed by atoms with Crippen LogP contribution in [0.2, 0.25) is 0 Å². The number of rotatable bonds is 0. The van der Waals surface area contributed by atoms with Crippen LogP contribution in [0.3, 0.4) is 0 Å². The molecular weight excluding hydrogens is 112 g/mol. The van der Waals surface area contributed by atoms with Gasteiger partial charge in [0.25, 0.3) is 0 Å². The van der Waals surface area contributed by atoms with E-state index >= 15 is 0 Å². The van der Waals surface area contributed by atoms with Gasteiger partial charge in [-0.25, -0.2) is 4.68 Å². The van der Waals surface area contributed by atoms with Crippen molar-refractivity contribution in [3.63, 3.8) is 0 Å². The maximum atomic E-state index is 4.08. The van der Waals surface area contributed by atoms with Crippen molar-refractivity contribution >= 4 is 10.9 Å². The zero-order valence-corrected chi connectivity index (χ0v) is 4.70. The van der Waals surface area contributed by atoms with Crippen LogP contribution in [-0.2, 0) is 0 Å². The first-order valence-electron chi connectivity index (χ1n) is 2.95. The third-order valence-electron chi connectivity index (χ3n) is 1.73. The van der Waals surface area contributed by atoms with Gasteiger partial charge in [-0.2, -0.15) is 0 Å². The standard InChI is InChI=1S/C7H4N2/c1-2-4-6-5(3-1)7-8-9(6)7/h1-4H. The quantitative estimate of drug-likeness (QED) is 0.433. The summed E-state index contributed by atoms with van der Waals surface area (Å²) in [7, 11) is 0. The summed E-state index contributed by atoms with van der Waals surface area (Å²) in [4.78, 5) is 0. The SMILES string of the molecule is c1ccc2c(c1)c1nn2-1. The zero-order chi connectivity index (χ0) is 5.84. The Hall–Kier alpha value is -1.31. The number of hydrogen-bond donors (Lipinski definition) is 0. The Labute approximate surface area is 51.7 Å². The van der Waals surface area contributed by atoms with Gasteiger partial charge in [0.05, 0.1) is 5.52 Å². The Bertz CT molecular complexity index is 351. The van der Waals surface area contributed by atoms with Crippen LogP contribution >= 0.6 is 0 Å². The highest BCUT2D eigenvalue weighted by Gasteiger charge is 2.24. The Kier molecular flexibility index (Phi) is 0.358. The van der Waals surface area contributed by atoms with E-state index in [1.54, 1.807) is 0 Å². The first kappa shape index (κ1) is 3.67. The van der Waals surface area contributed by atoms with E-state index in [-0.39, 0.29) is 0 Å². The zero-order valence-electron chi connectivity index (χ0n) is 4.70. The number of benzene rings is 1. The second-order valence-corrected chi connectivity index (χ2v) is 2.25. The van der Waals surface area contributed by atoms with Crippen LogP contribution in [0.4, 0.5) is 0 Å². The average Bonchev–Trinajstić information content (AvgIpc) is 2.58. The van der Waals surface area contributed by atoms with Crippen molar-refractivity contribution in [2.75, 3.05) is 0 Å². The lowest BCUT2D eigenvalue weighted by molar-refractivity contribution is 1.18. The molecule has 0 aromatic heterocycles. The van der Waals surface area contributed by atoms with E-state index in [1.165, 1.54) is 10.9 Å². The minimum Gasteiger partial charge on any atom is -0.210 e. The molecule has 1 aromatic rings. The van der Waals surface area contributed by atoms with Gasteiger partial charge in [0.1, 0.15) is 0 Å². The van der Waals surface area contributed by atoms with Gasteiger partial charge in [0.15, 0.2) is 5.82 Å². The molecule has 2 nitrogen and oxygen atoms in total. The molecule has 0 aliphatic carbocycles. The molecule has 0 bridgehead atoms. The fourth-order valence-corrected chi connectivity index (χ4v) is 1.20. The average molecular weight is 116 g/mol. The van der Waals surface area contributed by atoms with Gasteiger partial charge in [-0.3, -0.25) is 0 Å². The molecule has 0 N–H and O–H groups in total. The van der Waals surface area contributed by atoms with E-state index in [0.29, 0.717) is 0 Å². The van der Waals surface area contributed by atoms with Crippen LogP contribution in [0.15, 0.2) is 24.3 Å². The topological polar surface area (TPSA) is 17.8 Å². The highest BCUT2D eigenvalue weighted by atomic mass is 15.5. The van der Waals surface area contributed by atoms with Gasteiger partial charge < -0.3 is 0 Å². The van der Waals surface area contributed by atoms with Crippen molar-refractivity contribution in [2.45, 2.75) is 0 Å². The molecule has 0 unspecified atom stereocenters. The molecule has 42 valence electrons. The lowest BCUT2D eigenvalue weighted by Crippen LogP contribution is -1.85. The van der Waals surface area contributed by atoms with Crippen LogP contribution in [0.5, 0.6) is 0 Å². The van der Waals surface area contributed by atoms with Gasteiger partial charge >= 0.3 is 0 Å². The van der Waals surface area contributed by atoms with E-state index in [9.17, 15) is 0 Å². The molecule has 0 saturated heterocycles. The predicted molar refractivity (Wildman–Crippen MR) is 34.6 cm³/mol. The van der Waals surface area contributed by atoms with Crippen LogP contribution in [0, 0.1) is 0 Å². The molecule has 3 rings (SSSR count). The molecule has 9 heavy (non-hydrogen) atoms. The van der Waals surface area contributed by atoms with Gasteiger partial charge in [-0.1, -0.05) is 12.1 Å². The second-order valence-electron chi connectivity index (χ2n) is 2.25. The number of hydrogen-bond acceptors (Lipinski definition) is 1. The maximum absolute atomic E-state index is 4.08. The molecule has 2 heteroatoms. The minimum absolute atomic E-state index is 1.16. The summed E-state index contributed by atoms with van der Waals surface area (Å²) in [5, 5.41) is 5.39. The number of nitrogens with zero attached hydrogens (tertiary/aromatic N) is 2.